The number of carbonyl (C=O) groups is 1. The second-order valence-corrected chi connectivity index (χ2v) is 11.2. The molecule has 1 unspecified atom stereocenters. The Morgan fingerprint density at radius 3 is 2.38 bits per heavy atom. The Kier molecular flexibility index (Phi) is 10.2. The number of para-hydroxylation sites is 1. The van der Waals surface area contributed by atoms with Gasteiger partial charge < -0.3 is 14.6 Å². The Balaban J connectivity index is 1.37. The van der Waals surface area contributed by atoms with Crippen LogP contribution in [0.2, 0.25) is 0 Å². The van der Waals surface area contributed by atoms with Gasteiger partial charge in [-0.2, -0.15) is 4.99 Å². The molecule has 250 valence electrons. The van der Waals surface area contributed by atoms with E-state index in [4.69, 9.17) is 4.74 Å². The van der Waals surface area contributed by atoms with Gasteiger partial charge >= 0.3 is 24.0 Å². The molecule has 2 aromatic heterocycles. The van der Waals surface area contributed by atoms with Gasteiger partial charge in [-0.05, 0) is 66.3 Å². The molecule has 0 amide bonds. The third-order valence-corrected chi connectivity index (χ3v) is 8.15. The number of carboxylic acids is 1. The van der Waals surface area contributed by atoms with E-state index in [9.17, 15) is 27.9 Å². The lowest BCUT2D eigenvalue weighted by Crippen LogP contribution is -2.29. The van der Waals surface area contributed by atoms with E-state index in [0.29, 0.717) is 41.3 Å². The highest BCUT2D eigenvalue weighted by molar-refractivity contribution is 7.03. The van der Waals surface area contributed by atoms with E-state index < -0.39 is 18.4 Å². The summed E-state index contributed by atoms with van der Waals surface area (Å²) < 4.78 is 51.0. The van der Waals surface area contributed by atoms with Gasteiger partial charge in [-0.3, -0.25) is 0 Å². The highest BCUT2D eigenvalue weighted by atomic mass is 32.1. The SMILES string of the molecule is CCc1ccccc1-n1c(=NC(=NC(Cc2ccc(-c3ncn(-c4ccc(OC(F)(F)F)cc4)n3)cc2)C(=O)O)OC)sn(CC)c1=O. The fourth-order valence-corrected chi connectivity index (χ4v) is 5.60. The molecule has 2 heterocycles. The number of methoxy groups -OCH3 is 1. The van der Waals surface area contributed by atoms with E-state index >= 15 is 0 Å². The lowest BCUT2D eigenvalue weighted by molar-refractivity contribution is -0.274. The number of carboxylic acid groups (broad SMARTS) is 1. The summed E-state index contributed by atoms with van der Waals surface area (Å²) in [4.78, 5) is 38.8. The number of aliphatic carboxylic acids is 1. The molecule has 0 aliphatic carbocycles. The molecule has 0 saturated heterocycles. The number of aliphatic imine (C=N–C) groups is 1. The van der Waals surface area contributed by atoms with E-state index in [1.165, 1.54) is 50.9 Å². The van der Waals surface area contributed by atoms with Crippen LogP contribution in [0.5, 0.6) is 5.75 Å². The maximum absolute atomic E-state index is 13.2. The molecule has 0 radical (unpaired) electrons. The third-order valence-electron chi connectivity index (χ3n) is 7.08. The van der Waals surface area contributed by atoms with Crippen LogP contribution in [0.1, 0.15) is 25.0 Å². The maximum atomic E-state index is 13.2. The first-order chi connectivity index (χ1) is 23.0. The number of rotatable bonds is 10. The summed E-state index contributed by atoms with van der Waals surface area (Å²) in [5.74, 6) is -1.20. The van der Waals surface area contributed by atoms with Crippen LogP contribution in [0.4, 0.5) is 13.2 Å². The van der Waals surface area contributed by atoms with Crippen molar-refractivity contribution in [3.63, 3.8) is 0 Å². The Morgan fingerprint density at radius 1 is 1.04 bits per heavy atom. The normalized spacial score (nSPS) is 13.0. The van der Waals surface area contributed by atoms with E-state index in [2.05, 4.69) is 24.8 Å². The van der Waals surface area contributed by atoms with E-state index in [1.54, 1.807) is 24.3 Å². The van der Waals surface area contributed by atoms with Crippen molar-refractivity contribution in [3.05, 3.63) is 106 Å². The zero-order valence-corrected chi connectivity index (χ0v) is 26.8. The van der Waals surface area contributed by atoms with Crippen LogP contribution in [0.15, 0.2) is 93.9 Å². The molecule has 5 aromatic rings. The van der Waals surface area contributed by atoms with Gasteiger partial charge in [-0.15, -0.1) is 18.3 Å². The predicted octanol–water partition coefficient (Wildman–Crippen LogP) is 5.03. The van der Waals surface area contributed by atoms with Crippen molar-refractivity contribution >= 4 is 23.5 Å². The van der Waals surface area contributed by atoms with Gasteiger partial charge in [0, 0.05) is 18.5 Å². The minimum absolute atomic E-state index is 0.0110. The summed E-state index contributed by atoms with van der Waals surface area (Å²) in [7, 11) is 1.33. The topological polar surface area (TPSA) is 138 Å². The van der Waals surface area contributed by atoms with E-state index in [-0.39, 0.29) is 28.7 Å². The fourth-order valence-electron chi connectivity index (χ4n) is 4.74. The summed E-state index contributed by atoms with van der Waals surface area (Å²) in [5, 5.41) is 14.4. The number of benzene rings is 3. The minimum atomic E-state index is -4.79. The molecule has 48 heavy (non-hydrogen) atoms. The molecule has 12 nitrogen and oxygen atoms in total. The van der Waals surface area contributed by atoms with Crippen molar-refractivity contribution in [3.8, 4) is 28.5 Å². The summed E-state index contributed by atoms with van der Waals surface area (Å²) in [5.41, 5.74) is 3.09. The van der Waals surface area contributed by atoms with Crippen molar-refractivity contribution in [1.82, 2.24) is 23.3 Å². The smallest absolute Gasteiger partial charge is 0.480 e. The number of halogens is 3. The number of amidine groups is 1. The Bertz CT molecular complexity index is 2050. The summed E-state index contributed by atoms with van der Waals surface area (Å²) in [6.45, 7) is 4.25. The van der Waals surface area contributed by atoms with Crippen LogP contribution in [0.3, 0.4) is 0 Å². The highest BCUT2D eigenvalue weighted by Crippen LogP contribution is 2.24. The number of alkyl halides is 3. The second-order valence-electron chi connectivity index (χ2n) is 10.2. The van der Waals surface area contributed by atoms with Crippen LogP contribution < -0.4 is 15.2 Å². The standard InChI is InChI=1S/C32H30F3N7O5S/c1-4-21-8-6-7-9-26(21)42-30(48-41(5-2)31(42)45)38-29(46-3)37-25(28(43)44)18-20-10-12-22(13-11-20)27-36-19-40(39-27)23-14-16-24(17-15-23)47-32(33,34)35/h6-17,19,25H,4-5,18H2,1-3H3,(H,43,44). The zero-order chi connectivity index (χ0) is 34.4. The molecule has 3 aromatic carbocycles. The average Bonchev–Trinajstić information content (AvgIpc) is 3.68. The van der Waals surface area contributed by atoms with Crippen molar-refractivity contribution < 1.29 is 32.5 Å². The Labute approximate surface area is 275 Å². The highest BCUT2D eigenvalue weighted by Gasteiger charge is 2.31. The molecule has 16 heteroatoms. The molecular weight excluding hydrogens is 651 g/mol. The lowest BCUT2D eigenvalue weighted by atomic mass is 10.0. The van der Waals surface area contributed by atoms with Crippen LogP contribution in [0, 0.1) is 0 Å². The lowest BCUT2D eigenvalue weighted by Gasteiger charge is -2.10. The van der Waals surface area contributed by atoms with E-state index in [1.807, 2.05) is 38.1 Å². The maximum Gasteiger partial charge on any atom is 0.573 e. The Hall–Kier alpha value is -5.51. The number of hydrogen-bond acceptors (Lipinski definition) is 8. The van der Waals surface area contributed by atoms with Gasteiger partial charge in [0.15, 0.2) is 11.9 Å². The fraction of sp³-hybridized carbons (Fsp3) is 0.250. The van der Waals surface area contributed by atoms with Crippen molar-refractivity contribution in [1.29, 1.82) is 0 Å². The van der Waals surface area contributed by atoms with Gasteiger partial charge in [-0.1, -0.05) is 49.4 Å². The number of hydrogen-bond donors (Lipinski definition) is 1. The van der Waals surface area contributed by atoms with E-state index in [0.717, 1.165) is 17.1 Å². The van der Waals surface area contributed by atoms with Gasteiger partial charge in [0.25, 0.3) is 0 Å². The molecule has 0 bridgehead atoms. The predicted molar refractivity (Wildman–Crippen MR) is 172 cm³/mol. The van der Waals surface area contributed by atoms with Gasteiger partial charge in [0.1, 0.15) is 12.1 Å². The summed E-state index contributed by atoms with van der Waals surface area (Å²) in [6.07, 6.45) is -2.67. The first-order valence-electron chi connectivity index (χ1n) is 14.7. The minimum Gasteiger partial charge on any atom is -0.480 e. The van der Waals surface area contributed by atoms with Gasteiger partial charge in [0.05, 0.1) is 18.5 Å². The molecular formula is C32H30F3N7O5S. The van der Waals surface area contributed by atoms with Crippen LogP contribution in [-0.2, 0) is 28.9 Å². The zero-order valence-electron chi connectivity index (χ0n) is 26.0. The molecule has 1 N–H and O–H groups in total. The first-order valence-corrected chi connectivity index (χ1v) is 15.4. The molecule has 0 saturated carbocycles. The van der Waals surface area contributed by atoms with Crippen LogP contribution in [0.25, 0.3) is 22.8 Å². The molecule has 0 aliphatic rings. The molecule has 0 spiro atoms. The molecule has 0 fully saturated rings. The number of aryl methyl sites for hydroxylation is 2. The van der Waals surface area contributed by atoms with Gasteiger partial charge in [-0.25, -0.2) is 32.8 Å². The third kappa shape index (κ3) is 7.88. The molecule has 1 atom stereocenters. The monoisotopic (exact) mass is 681 g/mol. The number of nitrogens with zero attached hydrogens (tertiary/aromatic N) is 7. The van der Waals surface area contributed by atoms with Crippen molar-refractivity contribution in [2.75, 3.05) is 7.11 Å². The van der Waals surface area contributed by atoms with Crippen LogP contribution >= 0.6 is 11.5 Å². The van der Waals surface area contributed by atoms with Crippen molar-refractivity contribution in [2.24, 2.45) is 9.98 Å². The first kappa shape index (κ1) is 33.8. The summed E-state index contributed by atoms with van der Waals surface area (Å²) >= 11 is 1.12. The average molecular weight is 682 g/mol. The number of ether oxygens (including phenoxy) is 2. The largest absolute Gasteiger partial charge is 0.573 e. The summed E-state index contributed by atoms with van der Waals surface area (Å²) in [6, 6.07) is 18.1. The molecule has 5 rings (SSSR count). The van der Waals surface area contributed by atoms with Crippen molar-refractivity contribution in [2.45, 2.75) is 45.6 Å². The second kappa shape index (κ2) is 14.5. The number of aromatic nitrogens is 5. The Morgan fingerprint density at radius 2 is 1.75 bits per heavy atom. The van der Waals surface area contributed by atoms with Gasteiger partial charge in [0.2, 0.25) is 4.80 Å². The van der Waals surface area contributed by atoms with Crippen LogP contribution in [-0.4, -0.2) is 59.9 Å². The molecule has 0 aliphatic heterocycles. The quantitative estimate of drug-likeness (QED) is 0.161.